The van der Waals surface area contributed by atoms with E-state index in [0.29, 0.717) is 19.3 Å². The molecule has 0 amide bonds. The van der Waals surface area contributed by atoms with Gasteiger partial charge in [-0.25, -0.2) is 4.57 Å². The lowest BCUT2D eigenvalue weighted by molar-refractivity contribution is -0.160. The Hall–Kier alpha value is -1.59. The van der Waals surface area contributed by atoms with Gasteiger partial charge in [-0.2, -0.15) is 0 Å². The van der Waals surface area contributed by atoms with Crippen LogP contribution in [0.1, 0.15) is 168 Å². The Morgan fingerprint density at radius 2 is 1.32 bits per heavy atom. The number of unbranched alkanes of at least 4 members (excludes halogenated alkanes) is 15. The number of allylic oxidation sites excluding steroid dienone is 1. The molecule has 0 spiro atoms. The average molecular weight is 775 g/mol. The smallest absolute Gasteiger partial charge is 0.462 e. The summed E-state index contributed by atoms with van der Waals surface area (Å²) >= 11 is 0. The summed E-state index contributed by atoms with van der Waals surface area (Å²) in [6.45, 7) is 5.64. The number of aliphatic hydroxyl groups is 3. The lowest BCUT2D eigenvalue weighted by Gasteiger charge is -2.20. The molecule has 0 saturated heterocycles. The maximum absolute atomic E-state index is 12.5. The zero-order chi connectivity index (χ0) is 39.3. The molecule has 1 rings (SSSR count). The zero-order valence-electron chi connectivity index (χ0n) is 33.2. The first-order valence-corrected chi connectivity index (χ1v) is 22.3. The number of rotatable bonds is 33. The van der Waals surface area contributed by atoms with Crippen molar-refractivity contribution in [3.63, 3.8) is 0 Å². The van der Waals surface area contributed by atoms with Gasteiger partial charge in [-0.15, -0.1) is 0 Å². The molecule has 0 radical (unpaired) electrons. The number of esters is 2. The molecule has 0 heterocycles. The van der Waals surface area contributed by atoms with Crippen molar-refractivity contribution < 1.29 is 53.3 Å². The van der Waals surface area contributed by atoms with Crippen molar-refractivity contribution in [1.82, 2.24) is 0 Å². The minimum atomic E-state index is -4.85. The molecule has 6 atom stereocenters. The van der Waals surface area contributed by atoms with Gasteiger partial charge in [-0.1, -0.05) is 154 Å². The molecule has 0 aliphatic heterocycles. The van der Waals surface area contributed by atoms with E-state index in [4.69, 9.17) is 19.3 Å². The van der Waals surface area contributed by atoms with Gasteiger partial charge in [0.1, 0.15) is 6.61 Å². The lowest BCUT2D eigenvalue weighted by Crippen LogP contribution is -2.29. The van der Waals surface area contributed by atoms with Gasteiger partial charge in [0.25, 0.3) is 0 Å². The third-order valence-electron chi connectivity index (χ3n) is 10.0. The highest BCUT2D eigenvalue weighted by Gasteiger charge is 2.39. The first kappa shape index (κ1) is 49.4. The molecule has 0 bridgehead atoms. The molecule has 1 saturated carbocycles. The fraction of sp³-hybridized carbons (Fsp3) is 0.854. The molecule has 53 heavy (non-hydrogen) atoms. The quantitative estimate of drug-likeness (QED) is 0.0186. The third kappa shape index (κ3) is 27.6. The molecule has 11 nitrogen and oxygen atoms in total. The summed E-state index contributed by atoms with van der Waals surface area (Å²) < 4.78 is 26.3. The van der Waals surface area contributed by atoms with Gasteiger partial charge >= 0.3 is 19.8 Å². The van der Waals surface area contributed by atoms with E-state index in [9.17, 15) is 29.5 Å². The van der Waals surface area contributed by atoms with E-state index in [1.807, 2.05) is 0 Å². The van der Waals surface area contributed by atoms with E-state index in [2.05, 4.69) is 25.3 Å². The largest absolute Gasteiger partial charge is 0.469 e. The Bertz CT molecular complexity index is 1040. The van der Waals surface area contributed by atoms with E-state index < -0.39 is 57.4 Å². The Balaban J connectivity index is 2.31. The summed E-state index contributed by atoms with van der Waals surface area (Å²) in [5, 5.41) is 31.2. The van der Waals surface area contributed by atoms with Crippen LogP contribution in [-0.4, -0.2) is 74.7 Å². The molecular weight excluding hydrogens is 699 g/mol. The second-order valence-corrected chi connectivity index (χ2v) is 16.7. The molecule has 0 unspecified atom stereocenters. The molecule has 310 valence electrons. The molecule has 1 fully saturated rings. The van der Waals surface area contributed by atoms with E-state index >= 15 is 0 Å². The summed E-state index contributed by atoms with van der Waals surface area (Å²) in [7, 11) is -4.85. The van der Waals surface area contributed by atoms with Crippen LogP contribution in [0.4, 0.5) is 0 Å². The van der Waals surface area contributed by atoms with Crippen molar-refractivity contribution in [1.29, 1.82) is 0 Å². The highest BCUT2D eigenvalue weighted by atomic mass is 31.2. The molecule has 0 aromatic carbocycles. The average Bonchev–Trinajstić information content (AvgIpc) is 3.37. The Morgan fingerprint density at radius 1 is 0.755 bits per heavy atom. The maximum Gasteiger partial charge on any atom is 0.469 e. The maximum atomic E-state index is 12.5. The van der Waals surface area contributed by atoms with Crippen LogP contribution in [0, 0.1) is 17.8 Å². The monoisotopic (exact) mass is 775 g/mol. The normalized spacial score (nSPS) is 20.5. The molecule has 12 heteroatoms. The van der Waals surface area contributed by atoms with Gasteiger partial charge in [0.15, 0.2) is 6.10 Å². The SMILES string of the molecule is CCCCC[C@@H](O)/C=C/[C@@H]1[C@H](C/C=C\CC(=O)O[C@H](COC(=O)CCCCCCCCCCCCCCCCC(C)C)COP(=O)(O)O)[C@@H](O)C[C@H]1O. The highest BCUT2D eigenvalue weighted by molar-refractivity contribution is 7.46. The van der Waals surface area contributed by atoms with Crippen LogP contribution in [0.2, 0.25) is 0 Å². The Labute approximate surface area is 320 Å². The summed E-state index contributed by atoms with van der Waals surface area (Å²) in [5.41, 5.74) is 0. The second kappa shape index (κ2) is 30.6. The summed E-state index contributed by atoms with van der Waals surface area (Å²) in [6.07, 6.45) is 26.0. The number of carbonyl (C=O) groups is 2. The van der Waals surface area contributed by atoms with Crippen molar-refractivity contribution in [3.05, 3.63) is 24.3 Å². The van der Waals surface area contributed by atoms with Crippen LogP contribution in [0.5, 0.6) is 0 Å². The summed E-state index contributed by atoms with van der Waals surface area (Å²) in [5.74, 6) is -0.995. The number of ether oxygens (including phenoxy) is 2. The summed E-state index contributed by atoms with van der Waals surface area (Å²) in [4.78, 5) is 43.1. The van der Waals surface area contributed by atoms with Crippen LogP contribution in [0.25, 0.3) is 0 Å². The van der Waals surface area contributed by atoms with Crippen LogP contribution in [0.3, 0.4) is 0 Å². The molecule has 0 aromatic heterocycles. The molecule has 0 aromatic rings. The van der Waals surface area contributed by atoms with Crippen molar-refractivity contribution in [2.75, 3.05) is 13.2 Å². The Morgan fingerprint density at radius 3 is 1.89 bits per heavy atom. The van der Waals surface area contributed by atoms with Crippen molar-refractivity contribution in [3.8, 4) is 0 Å². The van der Waals surface area contributed by atoms with Gasteiger partial charge < -0.3 is 34.6 Å². The van der Waals surface area contributed by atoms with E-state index in [0.717, 1.165) is 44.4 Å². The summed E-state index contributed by atoms with van der Waals surface area (Å²) in [6, 6.07) is 0. The van der Waals surface area contributed by atoms with Crippen LogP contribution >= 0.6 is 7.82 Å². The van der Waals surface area contributed by atoms with Gasteiger partial charge in [0, 0.05) is 18.8 Å². The standard InChI is InChI=1S/C41H75O11P/c1-4-5-18-24-34(42)28-29-37-36(38(43)30-39(37)44)25-21-22-27-41(46)52-35(32-51-53(47,48)49)31-50-40(45)26-20-17-15-13-11-9-7-6-8-10-12-14-16-19-23-33(2)3/h21-22,28-29,33-39,42-44H,4-20,23-27,30-32H2,1-3H3,(H2,47,48,49)/b22-21-,29-28+/t34-,35-,36+,37-,38+,39-/m1/s1. The zero-order valence-corrected chi connectivity index (χ0v) is 34.1. The lowest BCUT2D eigenvalue weighted by atomic mass is 9.89. The molecule has 1 aliphatic carbocycles. The first-order chi connectivity index (χ1) is 25.3. The van der Waals surface area contributed by atoms with Gasteiger partial charge in [-0.3, -0.25) is 14.1 Å². The number of aliphatic hydroxyl groups excluding tert-OH is 3. The van der Waals surface area contributed by atoms with Crippen molar-refractivity contribution in [2.45, 2.75) is 193 Å². The second-order valence-electron chi connectivity index (χ2n) is 15.4. The fourth-order valence-corrected chi connectivity index (χ4v) is 7.19. The van der Waals surface area contributed by atoms with Gasteiger partial charge in [0.2, 0.25) is 0 Å². The first-order valence-electron chi connectivity index (χ1n) is 20.7. The Kier molecular flexibility index (Phi) is 28.5. The van der Waals surface area contributed by atoms with Crippen molar-refractivity contribution >= 4 is 19.8 Å². The molecule has 5 N–H and O–H groups in total. The van der Waals surface area contributed by atoms with Gasteiger partial charge in [-0.05, 0) is 31.1 Å². The molecular formula is C41H75O11P. The van der Waals surface area contributed by atoms with E-state index in [1.54, 1.807) is 24.3 Å². The number of phosphoric acid groups is 1. The van der Waals surface area contributed by atoms with E-state index in [1.165, 1.54) is 70.6 Å². The third-order valence-corrected chi connectivity index (χ3v) is 10.5. The van der Waals surface area contributed by atoms with Crippen LogP contribution < -0.4 is 0 Å². The minimum absolute atomic E-state index is 0.166. The van der Waals surface area contributed by atoms with Gasteiger partial charge in [0.05, 0.1) is 31.3 Å². The fourth-order valence-electron chi connectivity index (χ4n) is 6.83. The van der Waals surface area contributed by atoms with Crippen molar-refractivity contribution in [2.24, 2.45) is 17.8 Å². The topological polar surface area (TPSA) is 180 Å². The van der Waals surface area contributed by atoms with Crippen LogP contribution in [-0.2, 0) is 28.2 Å². The predicted octanol–water partition coefficient (Wildman–Crippen LogP) is 8.64. The highest BCUT2D eigenvalue weighted by Crippen LogP contribution is 2.37. The predicted molar refractivity (Wildman–Crippen MR) is 209 cm³/mol. The number of carbonyl (C=O) groups excluding carboxylic acids is 2. The minimum Gasteiger partial charge on any atom is -0.462 e. The number of hydrogen-bond donors (Lipinski definition) is 5. The molecule has 1 aliphatic rings. The van der Waals surface area contributed by atoms with Crippen LogP contribution in [0.15, 0.2) is 24.3 Å². The number of hydrogen-bond acceptors (Lipinski definition) is 9. The number of phosphoric ester groups is 1. The van der Waals surface area contributed by atoms with E-state index in [-0.39, 0.29) is 31.1 Å².